The molecule has 1 amide bonds. The first-order valence-electron chi connectivity index (χ1n) is 8.18. The molecule has 0 aromatic carbocycles. The Morgan fingerprint density at radius 2 is 2.00 bits per heavy atom. The van der Waals surface area contributed by atoms with Crippen LogP contribution < -0.4 is 10.0 Å². The number of morpholine rings is 1. The van der Waals surface area contributed by atoms with E-state index in [0.29, 0.717) is 26.0 Å². The largest absolute Gasteiger partial charge is 0.374 e. The standard InChI is InChI=1S/C15H29N3O4S/c1-14(2,3)17-23(20,21)15(6-5-7-15)13(19)16-10-12-11-18(4)8-9-22-12/h12,17H,5-11H2,1-4H3,(H,16,19). The molecule has 2 rings (SSSR count). The van der Waals surface area contributed by atoms with Gasteiger partial charge in [-0.1, -0.05) is 0 Å². The van der Waals surface area contributed by atoms with E-state index < -0.39 is 26.2 Å². The lowest BCUT2D eigenvalue weighted by atomic mass is 9.83. The third-order valence-corrected chi connectivity index (χ3v) is 6.87. The van der Waals surface area contributed by atoms with E-state index >= 15 is 0 Å². The Kier molecular flexibility index (Phi) is 5.40. The lowest BCUT2D eigenvalue weighted by Gasteiger charge is -2.41. The number of rotatable bonds is 5. The molecule has 7 nitrogen and oxygen atoms in total. The molecule has 1 heterocycles. The Morgan fingerprint density at radius 3 is 2.48 bits per heavy atom. The number of sulfonamides is 1. The van der Waals surface area contributed by atoms with Gasteiger partial charge in [-0.25, -0.2) is 13.1 Å². The summed E-state index contributed by atoms with van der Waals surface area (Å²) in [4.78, 5) is 14.7. The Morgan fingerprint density at radius 1 is 1.35 bits per heavy atom. The van der Waals surface area contributed by atoms with E-state index in [4.69, 9.17) is 4.74 Å². The third kappa shape index (κ3) is 4.23. The van der Waals surface area contributed by atoms with Crippen molar-refractivity contribution in [2.24, 2.45) is 0 Å². The average molecular weight is 347 g/mol. The number of hydrogen-bond acceptors (Lipinski definition) is 5. The van der Waals surface area contributed by atoms with Gasteiger partial charge in [0.15, 0.2) is 4.75 Å². The zero-order valence-electron chi connectivity index (χ0n) is 14.5. The van der Waals surface area contributed by atoms with E-state index in [-0.39, 0.29) is 6.10 Å². The highest BCUT2D eigenvalue weighted by Crippen LogP contribution is 2.39. The van der Waals surface area contributed by atoms with Gasteiger partial charge in [0.25, 0.3) is 0 Å². The Bertz CT molecular complexity index is 537. The number of amides is 1. The van der Waals surface area contributed by atoms with Gasteiger partial charge in [-0.3, -0.25) is 4.79 Å². The van der Waals surface area contributed by atoms with Crippen molar-refractivity contribution in [1.29, 1.82) is 0 Å². The molecule has 2 aliphatic rings. The molecular weight excluding hydrogens is 318 g/mol. The zero-order chi connectivity index (χ0) is 17.3. The summed E-state index contributed by atoms with van der Waals surface area (Å²) in [7, 11) is -1.72. The summed E-state index contributed by atoms with van der Waals surface area (Å²) in [5.41, 5.74) is -0.600. The molecule has 1 saturated carbocycles. The number of carbonyl (C=O) groups excluding carboxylic acids is 1. The highest BCUT2D eigenvalue weighted by Gasteiger charge is 2.55. The van der Waals surface area contributed by atoms with Crippen molar-refractivity contribution in [3.05, 3.63) is 0 Å². The minimum absolute atomic E-state index is 0.0897. The van der Waals surface area contributed by atoms with Gasteiger partial charge in [-0.2, -0.15) is 0 Å². The molecule has 1 aliphatic heterocycles. The molecule has 0 bridgehead atoms. The molecule has 2 fully saturated rings. The van der Waals surface area contributed by atoms with E-state index in [9.17, 15) is 13.2 Å². The normalized spacial score (nSPS) is 25.7. The van der Waals surface area contributed by atoms with Crippen LogP contribution in [0.15, 0.2) is 0 Å². The molecule has 0 aromatic rings. The van der Waals surface area contributed by atoms with Gasteiger partial charge < -0.3 is 15.0 Å². The fourth-order valence-electron chi connectivity index (χ4n) is 2.97. The minimum atomic E-state index is -3.72. The molecular formula is C15H29N3O4S. The molecule has 0 radical (unpaired) electrons. The first-order valence-corrected chi connectivity index (χ1v) is 9.66. The van der Waals surface area contributed by atoms with Crippen LogP contribution in [0.3, 0.4) is 0 Å². The van der Waals surface area contributed by atoms with E-state index in [1.54, 1.807) is 20.8 Å². The Hall–Kier alpha value is -0.700. The van der Waals surface area contributed by atoms with Gasteiger partial charge >= 0.3 is 0 Å². The van der Waals surface area contributed by atoms with Crippen LogP contribution in [-0.4, -0.2) is 68.9 Å². The predicted octanol–water partition coefficient (Wildman–Crippen LogP) is 0.0738. The second-order valence-electron chi connectivity index (χ2n) is 7.67. The first kappa shape index (κ1) is 18.6. The number of hydrogen-bond donors (Lipinski definition) is 2. The summed E-state index contributed by atoms with van der Waals surface area (Å²) in [6.07, 6.45) is 1.40. The van der Waals surface area contributed by atoms with Crippen LogP contribution in [0.2, 0.25) is 0 Å². The van der Waals surface area contributed by atoms with Crippen LogP contribution in [0.25, 0.3) is 0 Å². The van der Waals surface area contributed by atoms with Crippen molar-refractivity contribution >= 4 is 15.9 Å². The van der Waals surface area contributed by atoms with Crippen molar-refractivity contribution in [1.82, 2.24) is 14.9 Å². The quantitative estimate of drug-likeness (QED) is 0.735. The lowest BCUT2D eigenvalue weighted by molar-refractivity contribution is -0.126. The van der Waals surface area contributed by atoms with Crippen LogP contribution >= 0.6 is 0 Å². The fraction of sp³-hybridized carbons (Fsp3) is 0.933. The molecule has 2 N–H and O–H groups in total. The molecule has 0 spiro atoms. The Balaban J connectivity index is 2.00. The average Bonchev–Trinajstić information content (AvgIpc) is 2.31. The molecule has 0 aromatic heterocycles. The van der Waals surface area contributed by atoms with E-state index in [2.05, 4.69) is 14.9 Å². The van der Waals surface area contributed by atoms with Crippen molar-refractivity contribution in [2.75, 3.05) is 33.3 Å². The SMILES string of the molecule is CN1CCOC(CNC(=O)C2(S(=O)(=O)NC(C)(C)C)CCC2)C1. The van der Waals surface area contributed by atoms with Crippen molar-refractivity contribution in [3.8, 4) is 0 Å². The van der Waals surface area contributed by atoms with Gasteiger partial charge in [0.05, 0.1) is 12.7 Å². The second-order valence-corrected chi connectivity index (χ2v) is 9.66. The topological polar surface area (TPSA) is 87.7 Å². The summed E-state index contributed by atoms with van der Waals surface area (Å²) in [5.74, 6) is -0.405. The van der Waals surface area contributed by atoms with Crippen LogP contribution in [0.4, 0.5) is 0 Å². The zero-order valence-corrected chi connectivity index (χ0v) is 15.3. The molecule has 1 atom stereocenters. The molecule has 134 valence electrons. The summed E-state index contributed by atoms with van der Waals surface area (Å²) in [5, 5.41) is 2.80. The molecule has 23 heavy (non-hydrogen) atoms. The third-order valence-electron chi connectivity index (χ3n) is 4.36. The number of ether oxygens (including phenoxy) is 1. The maximum Gasteiger partial charge on any atom is 0.242 e. The smallest absolute Gasteiger partial charge is 0.242 e. The van der Waals surface area contributed by atoms with Crippen LogP contribution in [0, 0.1) is 0 Å². The van der Waals surface area contributed by atoms with Gasteiger partial charge in [-0.15, -0.1) is 0 Å². The number of nitrogens with zero attached hydrogens (tertiary/aromatic N) is 1. The summed E-state index contributed by atoms with van der Waals surface area (Å²) >= 11 is 0. The maximum absolute atomic E-state index is 12.7. The number of carbonyl (C=O) groups is 1. The highest BCUT2D eigenvalue weighted by atomic mass is 32.2. The van der Waals surface area contributed by atoms with Gasteiger partial charge in [0.1, 0.15) is 0 Å². The molecule has 8 heteroatoms. The van der Waals surface area contributed by atoms with Crippen molar-refractivity contribution in [2.45, 2.75) is 56.4 Å². The molecule has 1 unspecified atom stereocenters. The first-order chi connectivity index (χ1) is 10.6. The summed E-state index contributed by atoms with van der Waals surface area (Å²) in [6.45, 7) is 7.92. The summed E-state index contributed by atoms with van der Waals surface area (Å²) < 4.78 is 32.3. The van der Waals surface area contributed by atoms with Crippen LogP contribution in [-0.2, 0) is 19.6 Å². The second kappa shape index (κ2) is 6.66. The number of nitrogens with one attached hydrogen (secondary N) is 2. The highest BCUT2D eigenvalue weighted by molar-refractivity contribution is 7.91. The number of likely N-dealkylation sites (N-methyl/N-ethyl adjacent to an activating group) is 1. The van der Waals surface area contributed by atoms with Gasteiger partial charge in [0, 0.05) is 25.2 Å². The van der Waals surface area contributed by atoms with E-state index in [0.717, 1.165) is 19.5 Å². The van der Waals surface area contributed by atoms with Crippen LogP contribution in [0.5, 0.6) is 0 Å². The fourth-order valence-corrected chi connectivity index (χ4v) is 5.12. The lowest BCUT2D eigenvalue weighted by Crippen LogP contribution is -2.63. The van der Waals surface area contributed by atoms with Gasteiger partial charge in [-0.05, 0) is 47.1 Å². The summed E-state index contributed by atoms with van der Waals surface area (Å²) in [6, 6.07) is 0. The Labute approximate surface area is 139 Å². The predicted molar refractivity (Wildman–Crippen MR) is 88.6 cm³/mol. The van der Waals surface area contributed by atoms with Gasteiger partial charge in [0.2, 0.25) is 15.9 Å². The van der Waals surface area contributed by atoms with E-state index in [1.807, 2.05) is 7.05 Å². The van der Waals surface area contributed by atoms with E-state index in [1.165, 1.54) is 0 Å². The molecule has 1 aliphatic carbocycles. The monoisotopic (exact) mass is 347 g/mol. The molecule has 1 saturated heterocycles. The maximum atomic E-state index is 12.7. The van der Waals surface area contributed by atoms with Crippen LogP contribution in [0.1, 0.15) is 40.0 Å². The van der Waals surface area contributed by atoms with Crippen molar-refractivity contribution < 1.29 is 17.9 Å². The minimum Gasteiger partial charge on any atom is -0.374 e. The van der Waals surface area contributed by atoms with Crippen molar-refractivity contribution in [3.63, 3.8) is 0 Å².